The van der Waals surface area contributed by atoms with Crippen molar-refractivity contribution in [2.45, 2.75) is 0 Å². The molecule has 0 fully saturated rings. The molecule has 0 atom stereocenters. The number of benzene rings is 7. The molecule has 0 saturated heterocycles. The van der Waals surface area contributed by atoms with E-state index in [2.05, 4.69) is 138 Å². The number of para-hydroxylation sites is 3. The van der Waals surface area contributed by atoms with Crippen molar-refractivity contribution < 1.29 is 4.42 Å². The summed E-state index contributed by atoms with van der Waals surface area (Å²) in [4.78, 5) is 10.4. The number of hydrogen-bond donors (Lipinski definition) is 0. The van der Waals surface area contributed by atoms with Crippen LogP contribution >= 0.6 is 11.3 Å². The summed E-state index contributed by atoms with van der Waals surface area (Å²) >= 11 is 1.85. The van der Waals surface area contributed by atoms with Crippen LogP contribution in [-0.2, 0) is 0 Å². The maximum atomic E-state index is 7.05. The highest BCUT2D eigenvalue weighted by atomic mass is 32.1. The van der Waals surface area contributed by atoms with Crippen molar-refractivity contribution in [2.75, 3.05) is 0 Å². The van der Waals surface area contributed by atoms with Crippen molar-refractivity contribution in [1.82, 2.24) is 14.5 Å². The summed E-state index contributed by atoms with van der Waals surface area (Å²) in [7, 11) is 0. The van der Waals surface area contributed by atoms with Crippen LogP contribution in [-0.4, -0.2) is 14.5 Å². The van der Waals surface area contributed by atoms with E-state index in [-0.39, 0.29) is 0 Å². The SMILES string of the molecule is c1ccc(-c2nc(-n3c4ccccc4c4c5oc6c(-c7cccc8c7sc7ccccc78)cccc6c5ccc43)nc3ccccc23)cc1. The van der Waals surface area contributed by atoms with Gasteiger partial charge in [-0.2, -0.15) is 0 Å². The van der Waals surface area contributed by atoms with Gasteiger partial charge in [-0.25, -0.2) is 9.97 Å². The number of thiophene rings is 1. The molecular formula is C44H25N3OS. The molecule has 4 aromatic heterocycles. The molecule has 228 valence electrons. The quantitative estimate of drug-likeness (QED) is 0.192. The first-order valence-electron chi connectivity index (χ1n) is 16.4. The second-order valence-corrected chi connectivity index (χ2v) is 13.6. The Morgan fingerprint density at radius 1 is 0.469 bits per heavy atom. The van der Waals surface area contributed by atoms with E-state index in [0.29, 0.717) is 5.95 Å². The first-order chi connectivity index (χ1) is 24.3. The smallest absolute Gasteiger partial charge is 0.235 e. The van der Waals surface area contributed by atoms with Gasteiger partial charge in [-0.15, -0.1) is 11.3 Å². The molecule has 7 aromatic carbocycles. The monoisotopic (exact) mass is 643 g/mol. The highest BCUT2D eigenvalue weighted by molar-refractivity contribution is 7.26. The summed E-state index contributed by atoms with van der Waals surface area (Å²) < 4.78 is 11.8. The third-order valence-corrected chi connectivity index (χ3v) is 11.1. The number of hydrogen-bond acceptors (Lipinski definition) is 4. The van der Waals surface area contributed by atoms with Gasteiger partial charge in [-0.05, 0) is 30.3 Å². The Labute approximate surface area is 284 Å². The Morgan fingerprint density at radius 3 is 2.06 bits per heavy atom. The van der Waals surface area contributed by atoms with Crippen LogP contribution in [0.1, 0.15) is 0 Å². The molecule has 0 N–H and O–H groups in total. The van der Waals surface area contributed by atoms with E-state index in [9.17, 15) is 0 Å². The summed E-state index contributed by atoms with van der Waals surface area (Å²) in [6, 6.07) is 53.3. The molecule has 49 heavy (non-hydrogen) atoms. The van der Waals surface area contributed by atoms with Crippen molar-refractivity contribution in [3.63, 3.8) is 0 Å². The standard InChI is InChI=1S/C44H25N3OS/c1-2-12-26(13-3-1)40-33-15-4-7-21-35(33)45-44(46-40)47-36-22-8-5-16-34(36)39-37(47)25-24-30-28-17-10-18-29(41(28)48-42(30)39)32-20-11-19-31-27-14-6-9-23-38(27)49-43(31)32/h1-25H. The fraction of sp³-hybridized carbons (Fsp3) is 0. The number of rotatable bonds is 3. The number of aromatic nitrogens is 3. The van der Waals surface area contributed by atoms with Gasteiger partial charge in [0, 0.05) is 58.4 Å². The van der Waals surface area contributed by atoms with E-state index in [0.717, 1.165) is 71.5 Å². The van der Waals surface area contributed by atoms with E-state index in [1.165, 1.54) is 25.7 Å². The second kappa shape index (κ2) is 10.1. The van der Waals surface area contributed by atoms with Crippen LogP contribution in [0.4, 0.5) is 0 Å². The van der Waals surface area contributed by atoms with E-state index in [1.54, 1.807) is 0 Å². The molecule has 11 rings (SSSR count). The largest absolute Gasteiger partial charge is 0.455 e. The first kappa shape index (κ1) is 26.7. The average Bonchev–Trinajstić information content (AvgIpc) is 3.84. The molecule has 0 bridgehead atoms. The maximum absolute atomic E-state index is 7.05. The van der Waals surface area contributed by atoms with Gasteiger partial charge >= 0.3 is 0 Å². The molecule has 0 amide bonds. The topological polar surface area (TPSA) is 43.9 Å². The first-order valence-corrected chi connectivity index (χ1v) is 17.2. The lowest BCUT2D eigenvalue weighted by molar-refractivity contribution is 0.674. The predicted molar refractivity (Wildman–Crippen MR) is 205 cm³/mol. The van der Waals surface area contributed by atoms with Crippen LogP contribution < -0.4 is 0 Å². The summed E-state index contributed by atoms with van der Waals surface area (Å²) in [6.07, 6.45) is 0. The van der Waals surface area contributed by atoms with Crippen molar-refractivity contribution in [1.29, 1.82) is 0 Å². The zero-order chi connectivity index (χ0) is 32.1. The van der Waals surface area contributed by atoms with Crippen molar-refractivity contribution >= 4 is 86.2 Å². The lowest BCUT2D eigenvalue weighted by Gasteiger charge is -2.11. The minimum Gasteiger partial charge on any atom is -0.455 e. The molecule has 0 aliphatic rings. The van der Waals surface area contributed by atoms with Gasteiger partial charge in [0.15, 0.2) is 0 Å². The Balaban J connectivity index is 1.21. The Morgan fingerprint density at radius 2 is 1.16 bits per heavy atom. The fourth-order valence-electron chi connectivity index (χ4n) is 7.68. The average molecular weight is 644 g/mol. The zero-order valence-corrected chi connectivity index (χ0v) is 26.9. The number of nitrogens with zero attached hydrogens (tertiary/aromatic N) is 3. The third-order valence-electron chi connectivity index (χ3n) is 9.83. The van der Waals surface area contributed by atoms with Gasteiger partial charge in [0.1, 0.15) is 11.2 Å². The van der Waals surface area contributed by atoms with Crippen molar-refractivity contribution in [3.05, 3.63) is 152 Å². The van der Waals surface area contributed by atoms with Crippen LogP contribution in [0.3, 0.4) is 0 Å². The van der Waals surface area contributed by atoms with Gasteiger partial charge < -0.3 is 4.42 Å². The summed E-state index contributed by atoms with van der Waals surface area (Å²) in [5.41, 5.74) is 9.00. The minimum atomic E-state index is 0.636. The number of furan rings is 1. The van der Waals surface area contributed by atoms with E-state index in [4.69, 9.17) is 14.4 Å². The van der Waals surface area contributed by atoms with Gasteiger partial charge in [0.05, 0.1) is 27.6 Å². The molecular weight excluding hydrogens is 619 g/mol. The van der Waals surface area contributed by atoms with Gasteiger partial charge in [0.25, 0.3) is 0 Å². The normalized spacial score (nSPS) is 12.1. The van der Waals surface area contributed by atoms with E-state index < -0.39 is 0 Å². The lowest BCUT2D eigenvalue weighted by Crippen LogP contribution is -2.03. The van der Waals surface area contributed by atoms with Crippen LogP contribution in [0.2, 0.25) is 0 Å². The molecule has 0 aliphatic carbocycles. The van der Waals surface area contributed by atoms with E-state index >= 15 is 0 Å². The Hall–Kier alpha value is -6.30. The molecule has 0 saturated carbocycles. The molecule has 4 nitrogen and oxygen atoms in total. The molecule has 0 radical (unpaired) electrons. The number of fused-ring (bicyclic) bond motifs is 11. The minimum absolute atomic E-state index is 0.636. The van der Waals surface area contributed by atoms with Crippen LogP contribution in [0.15, 0.2) is 156 Å². The summed E-state index contributed by atoms with van der Waals surface area (Å²) in [6.45, 7) is 0. The summed E-state index contributed by atoms with van der Waals surface area (Å²) in [5.74, 6) is 0.636. The van der Waals surface area contributed by atoms with Crippen LogP contribution in [0.25, 0.3) is 103 Å². The lowest BCUT2D eigenvalue weighted by atomic mass is 10.00. The van der Waals surface area contributed by atoms with Crippen LogP contribution in [0, 0.1) is 0 Å². The van der Waals surface area contributed by atoms with Crippen LogP contribution in [0.5, 0.6) is 0 Å². The fourth-order valence-corrected chi connectivity index (χ4v) is 8.91. The summed E-state index contributed by atoms with van der Waals surface area (Å²) in [5, 5.41) is 7.97. The molecule has 11 aromatic rings. The predicted octanol–water partition coefficient (Wildman–Crippen LogP) is 12.3. The van der Waals surface area contributed by atoms with Crippen molar-refractivity contribution in [2.24, 2.45) is 0 Å². The Bertz CT molecular complexity index is 3110. The Kier molecular flexibility index (Phi) is 5.51. The zero-order valence-electron chi connectivity index (χ0n) is 26.1. The second-order valence-electron chi connectivity index (χ2n) is 12.5. The van der Waals surface area contributed by atoms with Gasteiger partial charge in [-0.1, -0.05) is 121 Å². The molecule has 4 heterocycles. The molecule has 0 unspecified atom stereocenters. The van der Waals surface area contributed by atoms with Crippen molar-refractivity contribution in [3.8, 4) is 28.3 Å². The van der Waals surface area contributed by atoms with Gasteiger partial charge in [0.2, 0.25) is 5.95 Å². The third kappa shape index (κ3) is 3.79. The maximum Gasteiger partial charge on any atom is 0.235 e. The molecule has 0 aliphatic heterocycles. The highest BCUT2D eigenvalue weighted by Crippen LogP contribution is 2.46. The van der Waals surface area contributed by atoms with E-state index in [1.807, 2.05) is 29.5 Å². The molecule has 5 heteroatoms. The highest BCUT2D eigenvalue weighted by Gasteiger charge is 2.22. The molecule has 0 spiro atoms. The van der Waals surface area contributed by atoms with Gasteiger partial charge in [-0.3, -0.25) is 4.57 Å².